The molecule has 1 fully saturated rings. The third kappa shape index (κ3) is 3.69. The van der Waals surface area contributed by atoms with Crippen LogP contribution in [0.2, 0.25) is 0 Å². The topological polar surface area (TPSA) is 26.3 Å². The van der Waals surface area contributed by atoms with Crippen LogP contribution in [0.1, 0.15) is 51.0 Å². The van der Waals surface area contributed by atoms with Crippen molar-refractivity contribution in [1.29, 1.82) is 0 Å². The van der Waals surface area contributed by atoms with Crippen molar-refractivity contribution >= 4 is 5.78 Å². The van der Waals surface area contributed by atoms with Crippen LogP contribution < -0.4 is 0 Å². The van der Waals surface area contributed by atoms with Crippen molar-refractivity contribution in [3.63, 3.8) is 0 Å². The number of carbonyl (C=O) groups excluding carboxylic acids is 1. The van der Waals surface area contributed by atoms with Gasteiger partial charge in [-0.3, -0.25) is 4.79 Å². The molecule has 0 radical (unpaired) electrons. The number of benzene rings is 1. The summed E-state index contributed by atoms with van der Waals surface area (Å²) in [6, 6.07) is 10.4. The number of Topliss-reactive ketones (excluding diaryl/α,β-unsaturated/α-hetero) is 1. The molecule has 0 aromatic heterocycles. The van der Waals surface area contributed by atoms with E-state index in [1.54, 1.807) is 7.11 Å². The van der Waals surface area contributed by atoms with Gasteiger partial charge in [0, 0.05) is 13.5 Å². The van der Waals surface area contributed by atoms with Gasteiger partial charge in [-0.15, -0.1) is 0 Å². The van der Waals surface area contributed by atoms with Crippen LogP contribution in [-0.4, -0.2) is 18.5 Å². The van der Waals surface area contributed by atoms with E-state index in [2.05, 4.69) is 31.2 Å². The van der Waals surface area contributed by atoms with Crippen molar-refractivity contribution < 1.29 is 9.53 Å². The lowest BCUT2D eigenvalue weighted by molar-refractivity contribution is -0.146. The van der Waals surface area contributed by atoms with Gasteiger partial charge in [0.25, 0.3) is 0 Å². The predicted molar refractivity (Wildman–Crippen MR) is 81.8 cm³/mol. The van der Waals surface area contributed by atoms with Crippen LogP contribution in [0.3, 0.4) is 0 Å². The number of hydrogen-bond donors (Lipinski definition) is 0. The van der Waals surface area contributed by atoms with Gasteiger partial charge >= 0.3 is 0 Å². The van der Waals surface area contributed by atoms with Crippen molar-refractivity contribution in [3.05, 3.63) is 35.9 Å². The Bertz CT molecular complexity index is 416. The fourth-order valence-corrected chi connectivity index (χ4v) is 3.15. The Morgan fingerprint density at radius 3 is 2.50 bits per heavy atom. The van der Waals surface area contributed by atoms with E-state index < -0.39 is 5.60 Å². The molecular weight excluding hydrogens is 248 g/mol. The van der Waals surface area contributed by atoms with Crippen LogP contribution in [0, 0.1) is 5.92 Å². The van der Waals surface area contributed by atoms with Crippen molar-refractivity contribution in [2.45, 2.75) is 57.5 Å². The molecule has 1 aromatic carbocycles. The highest BCUT2D eigenvalue weighted by Crippen LogP contribution is 2.36. The number of aryl methyl sites for hydroxylation is 1. The quantitative estimate of drug-likeness (QED) is 0.778. The summed E-state index contributed by atoms with van der Waals surface area (Å²) in [7, 11) is 1.70. The number of methoxy groups -OCH3 is 1. The molecule has 0 saturated heterocycles. The molecule has 1 aliphatic carbocycles. The van der Waals surface area contributed by atoms with Crippen LogP contribution in [-0.2, 0) is 16.0 Å². The highest BCUT2D eigenvalue weighted by molar-refractivity contribution is 5.87. The fourth-order valence-electron chi connectivity index (χ4n) is 3.15. The molecule has 20 heavy (non-hydrogen) atoms. The minimum Gasteiger partial charge on any atom is -0.370 e. The molecule has 0 aliphatic heterocycles. The maximum atomic E-state index is 12.5. The highest BCUT2D eigenvalue weighted by atomic mass is 16.5. The largest absolute Gasteiger partial charge is 0.370 e. The Labute approximate surface area is 122 Å². The maximum absolute atomic E-state index is 12.5. The summed E-state index contributed by atoms with van der Waals surface area (Å²) in [5.41, 5.74) is 0.826. The van der Waals surface area contributed by atoms with Gasteiger partial charge in [-0.2, -0.15) is 0 Å². The molecular formula is C18H26O2. The first-order chi connectivity index (χ1) is 9.66. The molecule has 0 heterocycles. The van der Waals surface area contributed by atoms with Crippen molar-refractivity contribution in [1.82, 2.24) is 0 Å². The molecule has 0 bridgehead atoms. The van der Waals surface area contributed by atoms with E-state index in [1.165, 1.54) is 5.56 Å². The number of ketones is 1. The average molecular weight is 274 g/mol. The van der Waals surface area contributed by atoms with E-state index in [4.69, 9.17) is 4.74 Å². The second-order valence-corrected chi connectivity index (χ2v) is 6.14. The molecule has 0 spiro atoms. The standard InChI is InChI=1S/C18H26O2/c1-15-11-13-18(20-2,14-12-15)17(19)10-6-9-16-7-4-3-5-8-16/h3-5,7-8,15H,6,9-14H2,1-2H3. The lowest BCUT2D eigenvalue weighted by atomic mass is 9.76. The van der Waals surface area contributed by atoms with Crippen molar-refractivity contribution in [3.8, 4) is 0 Å². The minimum atomic E-state index is -0.483. The van der Waals surface area contributed by atoms with Gasteiger partial charge in [-0.25, -0.2) is 0 Å². The summed E-state index contributed by atoms with van der Waals surface area (Å²) in [5, 5.41) is 0. The van der Waals surface area contributed by atoms with Crippen LogP contribution >= 0.6 is 0 Å². The van der Waals surface area contributed by atoms with Gasteiger partial charge in [0.15, 0.2) is 5.78 Å². The molecule has 0 unspecified atom stereocenters. The van der Waals surface area contributed by atoms with Gasteiger partial charge in [0.2, 0.25) is 0 Å². The molecule has 2 heteroatoms. The van der Waals surface area contributed by atoms with Gasteiger partial charge in [0.05, 0.1) is 0 Å². The first-order valence-corrected chi connectivity index (χ1v) is 7.79. The maximum Gasteiger partial charge on any atom is 0.164 e. The van der Waals surface area contributed by atoms with Crippen molar-refractivity contribution in [2.24, 2.45) is 5.92 Å². The van der Waals surface area contributed by atoms with E-state index in [-0.39, 0.29) is 0 Å². The van der Waals surface area contributed by atoms with E-state index in [9.17, 15) is 4.79 Å². The number of rotatable bonds is 6. The molecule has 0 atom stereocenters. The third-order valence-electron chi connectivity index (χ3n) is 4.69. The number of hydrogen-bond acceptors (Lipinski definition) is 2. The van der Waals surface area contributed by atoms with E-state index in [1.807, 2.05) is 6.07 Å². The minimum absolute atomic E-state index is 0.308. The molecule has 1 aromatic rings. The average Bonchev–Trinajstić information content (AvgIpc) is 2.49. The zero-order valence-electron chi connectivity index (χ0n) is 12.7. The van der Waals surface area contributed by atoms with Crippen LogP contribution in [0.15, 0.2) is 30.3 Å². The van der Waals surface area contributed by atoms with Gasteiger partial charge in [-0.05, 0) is 50.0 Å². The van der Waals surface area contributed by atoms with Gasteiger partial charge in [0.1, 0.15) is 5.60 Å². The van der Waals surface area contributed by atoms with Crippen LogP contribution in [0.5, 0.6) is 0 Å². The highest BCUT2D eigenvalue weighted by Gasteiger charge is 2.40. The molecule has 1 saturated carbocycles. The molecule has 0 amide bonds. The summed E-state index contributed by atoms with van der Waals surface area (Å²) in [6.07, 6.45) is 6.55. The van der Waals surface area contributed by atoms with Crippen molar-refractivity contribution in [2.75, 3.05) is 7.11 Å². The number of ether oxygens (including phenoxy) is 1. The smallest absolute Gasteiger partial charge is 0.164 e. The van der Waals surface area contributed by atoms with Crippen LogP contribution in [0.4, 0.5) is 0 Å². The predicted octanol–water partition coefficient (Wildman–Crippen LogP) is 4.17. The van der Waals surface area contributed by atoms with E-state index >= 15 is 0 Å². The zero-order valence-corrected chi connectivity index (χ0v) is 12.7. The molecule has 110 valence electrons. The Morgan fingerprint density at radius 2 is 1.90 bits per heavy atom. The van der Waals surface area contributed by atoms with Crippen LogP contribution in [0.25, 0.3) is 0 Å². The summed E-state index contributed by atoms with van der Waals surface area (Å²) >= 11 is 0. The first-order valence-electron chi connectivity index (χ1n) is 7.79. The monoisotopic (exact) mass is 274 g/mol. The summed E-state index contributed by atoms with van der Waals surface area (Å²) in [5.74, 6) is 1.04. The second-order valence-electron chi connectivity index (χ2n) is 6.14. The van der Waals surface area contributed by atoms with E-state index in [0.29, 0.717) is 12.2 Å². The summed E-state index contributed by atoms with van der Waals surface area (Å²) in [6.45, 7) is 2.26. The Balaban J connectivity index is 1.84. The molecule has 2 nitrogen and oxygen atoms in total. The second kappa shape index (κ2) is 7.03. The number of carbonyl (C=O) groups is 1. The Kier molecular flexibility index (Phi) is 5.36. The molecule has 0 N–H and O–H groups in total. The fraction of sp³-hybridized carbons (Fsp3) is 0.611. The molecule has 1 aliphatic rings. The van der Waals surface area contributed by atoms with E-state index in [0.717, 1.165) is 44.4 Å². The normalized spacial score (nSPS) is 26.4. The van der Waals surface area contributed by atoms with Gasteiger partial charge in [-0.1, -0.05) is 37.3 Å². The lowest BCUT2D eigenvalue weighted by Crippen LogP contribution is -2.43. The SMILES string of the molecule is COC1(C(=O)CCCc2ccccc2)CCC(C)CC1. The third-order valence-corrected chi connectivity index (χ3v) is 4.69. The Hall–Kier alpha value is -1.15. The summed E-state index contributed by atoms with van der Waals surface area (Å²) < 4.78 is 5.64. The Morgan fingerprint density at radius 1 is 1.25 bits per heavy atom. The first kappa shape index (κ1) is 15.2. The summed E-state index contributed by atoms with van der Waals surface area (Å²) in [4.78, 5) is 12.5. The zero-order chi connectivity index (χ0) is 14.4. The lowest BCUT2D eigenvalue weighted by Gasteiger charge is -2.37. The van der Waals surface area contributed by atoms with Gasteiger partial charge < -0.3 is 4.74 Å². The molecule has 2 rings (SSSR count).